The van der Waals surface area contributed by atoms with Crippen molar-refractivity contribution in [3.8, 4) is 17.2 Å². The molecule has 15 nitrogen and oxygen atoms in total. The predicted octanol–water partition coefficient (Wildman–Crippen LogP) is 7.69. The van der Waals surface area contributed by atoms with E-state index in [0.29, 0.717) is 24.5 Å². The number of pyridine rings is 1. The lowest BCUT2D eigenvalue weighted by Gasteiger charge is -2.39. The number of piperazine rings is 1. The Morgan fingerprint density at radius 2 is 1.90 bits per heavy atom. The van der Waals surface area contributed by atoms with Crippen molar-refractivity contribution in [2.75, 3.05) is 56.1 Å². The molecule has 0 spiro atoms. The Kier molecular flexibility index (Phi) is 11.3. The summed E-state index contributed by atoms with van der Waals surface area (Å²) in [5, 5.41) is 16.5. The summed E-state index contributed by atoms with van der Waals surface area (Å²) >= 11 is 6.23. The molecule has 1 atom stereocenters. The van der Waals surface area contributed by atoms with Gasteiger partial charge in [0.2, 0.25) is 0 Å². The number of aromatic nitrogens is 2. The number of nitro groups is 1. The molecule has 4 heterocycles. The largest absolute Gasteiger partial charge is 0.489 e. The standard InChI is InChI=1S/C43H45ClN8O7S/c1-43(2)12-10-29(36(22-43)27-4-6-30(44)7-5-27)25-50-14-16-51(17-15-50)32-8-9-35(38(19-32)59-33-18-28-11-13-46-41(28)47-24-33)42(53)49-60(56,57)34-20-37(52(54)55)40-39(21-34)58-26-31(48-40)23-45-3/h4-9,11,13,18-21,24,31,48H,3,10,12,14-17,22-23,25-26H2,1-2H3,(H,46,47)(H,49,53)/t31-/m0/s1. The van der Waals surface area contributed by atoms with E-state index in [9.17, 15) is 23.3 Å². The van der Waals surface area contributed by atoms with E-state index < -0.39 is 37.5 Å². The average molecular weight is 853 g/mol. The molecule has 60 heavy (non-hydrogen) atoms. The molecule has 3 aliphatic rings. The maximum absolute atomic E-state index is 13.9. The molecule has 8 rings (SSSR count). The van der Waals surface area contributed by atoms with Gasteiger partial charge in [-0.1, -0.05) is 43.2 Å². The number of sulfonamides is 1. The Morgan fingerprint density at radius 1 is 1.12 bits per heavy atom. The van der Waals surface area contributed by atoms with E-state index in [1.807, 2.05) is 18.2 Å². The molecule has 0 saturated carbocycles. The number of nitrogens with one attached hydrogen (secondary N) is 3. The second kappa shape index (κ2) is 16.6. The lowest BCUT2D eigenvalue weighted by atomic mass is 9.72. The van der Waals surface area contributed by atoms with Gasteiger partial charge >= 0.3 is 0 Å². The number of anilines is 2. The van der Waals surface area contributed by atoms with Crippen LogP contribution in [0.3, 0.4) is 0 Å². The number of benzene rings is 3. The van der Waals surface area contributed by atoms with Gasteiger partial charge in [0, 0.05) is 73.2 Å². The van der Waals surface area contributed by atoms with Crippen molar-refractivity contribution in [1.29, 1.82) is 0 Å². The molecule has 0 unspecified atom stereocenters. The molecule has 312 valence electrons. The van der Waals surface area contributed by atoms with Crippen LogP contribution in [0.15, 0.2) is 94.6 Å². The van der Waals surface area contributed by atoms with E-state index >= 15 is 0 Å². The number of carbonyl (C=O) groups excluding carboxylic acids is 1. The van der Waals surface area contributed by atoms with Gasteiger partial charge in [0.15, 0.2) is 11.4 Å². The molecule has 1 fully saturated rings. The molecule has 1 saturated heterocycles. The molecule has 3 aromatic carbocycles. The number of nitro benzene ring substituents is 1. The van der Waals surface area contributed by atoms with Crippen molar-refractivity contribution in [3.05, 3.63) is 111 Å². The normalized spacial score (nSPS) is 18.0. The summed E-state index contributed by atoms with van der Waals surface area (Å²) in [7, 11) is -4.65. The zero-order chi connectivity index (χ0) is 42.2. The molecule has 1 amide bonds. The summed E-state index contributed by atoms with van der Waals surface area (Å²) in [6, 6.07) is 18.4. The van der Waals surface area contributed by atoms with E-state index in [1.165, 1.54) is 29.0 Å². The topological polar surface area (TPSA) is 184 Å². The van der Waals surface area contributed by atoms with Crippen LogP contribution in [0.1, 0.15) is 49.0 Å². The molecule has 1 aliphatic carbocycles. The fourth-order valence-corrected chi connectivity index (χ4v) is 9.17. The summed E-state index contributed by atoms with van der Waals surface area (Å²) in [6.45, 7) is 12.3. The van der Waals surface area contributed by atoms with Crippen LogP contribution in [0.4, 0.5) is 17.1 Å². The number of hydrogen-bond acceptors (Lipinski definition) is 12. The Labute approximate surface area is 352 Å². The monoisotopic (exact) mass is 852 g/mol. The molecular weight excluding hydrogens is 808 g/mol. The zero-order valence-corrected chi connectivity index (χ0v) is 34.8. The highest BCUT2D eigenvalue weighted by molar-refractivity contribution is 7.90. The van der Waals surface area contributed by atoms with Crippen LogP contribution in [0.2, 0.25) is 5.02 Å². The van der Waals surface area contributed by atoms with Crippen molar-refractivity contribution in [2.24, 2.45) is 10.4 Å². The molecule has 17 heteroatoms. The van der Waals surface area contributed by atoms with E-state index in [1.54, 1.807) is 24.4 Å². The molecular formula is C43H45ClN8O7S. The average Bonchev–Trinajstić information content (AvgIpc) is 3.70. The number of carbonyl (C=O) groups is 1. The van der Waals surface area contributed by atoms with E-state index in [-0.39, 0.29) is 41.3 Å². The summed E-state index contributed by atoms with van der Waals surface area (Å²) < 4.78 is 41.5. The van der Waals surface area contributed by atoms with Crippen molar-refractivity contribution in [3.63, 3.8) is 0 Å². The number of nitrogens with zero attached hydrogens (tertiary/aromatic N) is 5. The number of rotatable bonds is 12. The van der Waals surface area contributed by atoms with E-state index in [0.717, 1.165) is 67.1 Å². The Morgan fingerprint density at radius 3 is 2.65 bits per heavy atom. The first-order valence-electron chi connectivity index (χ1n) is 19.7. The third-order valence-corrected chi connectivity index (χ3v) is 12.8. The third kappa shape index (κ3) is 8.81. The smallest absolute Gasteiger partial charge is 0.297 e. The highest BCUT2D eigenvalue weighted by Gasteiger charge is 2.33. The predicted molar refractivity (Wildman–Crippen MR) is 232 cm³/mol. The van der Waals surface area contributed by atoms with Gasteiger partial charge in [0.1, 0.15) is 23.8 Å². The number of amides is 1. The van der Waals surface area contributed by atoms with Crippen LogP contribution in [-0.2, 0) is 10.0 Å². The molecule has 0 bridgehead atoms. The molecule has 2 aromatic heterocycles. The van der Waals surface area contributed by atoms with Crippen LogP contribution >= 0.6 is 11.6 Å². The first-order chi connectivity index (χ1) is 28.7. The Balaban J connectivity index is 1.03. The summed E-state index contributed by atoms with van der Waals surface area (Å²) in [5.74, 6) is -0.595. The maximum atomic E-state index is 13.9. The van der Waals surface area contributed by atoms with Gasteiger partial charge in [0.05, 0.1) is 34.2 Å². The summed E-state index contributed by atoms with van der Waals surface area (Å²) in [5.41, 5.74) is 5.17. The lowest BCUT2D eigenvalue weighted by Crippen LogP contribution is -2.47. The minimum absolute atomic E-state index is 0.0168. The minimum Gasteiger partial charge on any atom is -0.489 e. The quantitative estimate of drug-likeness (QED) is 0.0635. The van der Waals surface area contributed by atoms with Gasteiger partial charge in [-0.25, -0.2) is 18.1 Å². The first kappa shape index (κ1) is 40.8. The second-order valence-corrected chi connectivity index (χ2v) is 18.2. The first-order valence-corrected chi connectivity index (χ1v) is 21.5. The van der Waals surface area contributed by atoms with Gasteiger partial charge in [-0.05, 0) is 78.9 Å². The highest BCUT2D eigenvalue weighted by atomic mass is 35.5. The lowest BCUT2D eigenvalue weighted by molar-refractivity contribution is -0.384. The number of H-pyrrole nitrogens is 1. The maximum Gasteiger partial charge on any atom is 0.297 e. The van der Waals surface area contributed by atoms with Crippen molar-refractivity contribution >= 4 is 67.9 Å². The van der Waals surface area contributed by atoms with Crippen LogP contribution in [0, 0.1) is 15.5 Å². The van der Waals surface area contributed by atoms with Crippen molar-refractivity contribution < 1.29 is 27.6 Å². The number of aromatic amines is 1. The molecule has 0 radical (unpaired) electrons. The van der Waals surface area contributed by atoms with Crippen LogP contribution in [0.5, 0.6) is 17.2 Å². The number of aliphatic imine (C=N–C) groups is 1. The van der Waals surface area contributed by atoms with Gasteiger partial charge < -0.3 is 24.7 Å². The fourth-order valence-electron chi connectivity index (χ4n) is 8.04. The number of allylic oxidation sites excluding steroid dienone is 1. The van der Waals surface area contributed by atoms with Crippen molar-refractivity contribution in [1.82, 2.24) is 19.6 Å². The molecule has 5 aromatic rings. The van der Waals surface area contributed by atoms with Gasteiger partial charge in [0.25, 0.3) is 21.6 Å². The Hall–Kier alpha value is -5.97. The van der Waals surface area contributed by atoms with Crippen LogP contribution in [0.25, 0.3) is 16.6 Å². The highest BCUT2D eigenvalue weighted by Crippen LogP contribution is 2.44. The number of hydrogen-bond donors (Lipinski definition) is 3. The third-order valence-electron chi connectivity index (χ3n) is 11.3. The summed E-state index contributed by atoms with van der Waals surface area (Å²) in [6.07, 6.45) is 6.44. The number of fused-ring (bicyclic) bond motifs is 2. The number of halogens is 1. The number of ether oxygens (including phenoxy) is 2. The van der Waals surface area contributed by atoms with Gasteiger partial charge in [-0.2, -0.15) is 0 Å². The zero-order valence-electron chi connectivity index (χ0n) is 33.2. The molecule has 2 aliphatic heterocycles. The second-order valence-electron chi connectivity index (χ2n) is 16.1. The Bertz CT molecular complexity index is 2620. The van der Waals surface area contributed by atoms with E-state index in [4.69, 9.17) is 21.1 Å². The van der Waals surface area contributed by atoms with E-state index in [2.05, 4.69) is 67.5 Å². The van der Waals surface area contributed by atoms with Gasteiger partial charge in [-0.15, -0.1) is 0 Å². The van der Waals surface area contributed by atoms with Crippen LogP contribution < -0.4 is 24.4 Å². The molecule has 3 N–H and O–H groups in total. The van der Waals surface area contributed by atoms with Crippen molar-refractivity contribution in [2.45, 2.75) is 44.0 Å². The van der Waals surface area contributed by atoms with Crippen LogP contribution in [-0.4, -0.2) is 92.8 Å². The summed E-state index contributed by atoms with van der Waals surface area (Å²) in [4.78, 5) is 40.7. The fraction of sp³-hybridized carbons (Fsp3) is 0.326. The minimum atomic E-state index is -4.65. The SMILES string of the molecule is C=NC[C@H]1COc2cc(S(=O)(=O)NC(=O)c3ccc(N4CCN(CC5=C(c6ccc(Cl)cc6)CC(C)(C)CC5)CC4)cc3Oc3cnc4[nH]ccc4c3)cc([N+](=O)[O-])c2N1. The van der Waals surface area contributed by atoms with Gasteiger partial charge in [-0.3, -0.25) is 24.8 Å².